The van der Waals surface area contributed by atoms with Gasteiger partial charge in [-0.1, -0.05) is 42.5 Å². The van der Waals surface area contributed by atoms with E-state index in [9.17, 15) is 28.8 Å². The fourth-order valence-corrected chi connectivity index (χ4v) is 6.43. The van der Waals surface area contributed by atoms with Crippen molar-refractivity contribution in [3.63, 3.8) is 0 Å². The van der Waals surface area contributed by atoms with Crippen LogP contribution in [-0.2, 0) is 37.0 Å². The summed E-state index contributed by atoms with van der Waals surface area (Å²) in [7, 11) is 0. The molecule has 1 aliphatic carbocycles. The molecule has 17 heteroatoms. The van der Waals surface area contributed by atoms with E-state index in [0.717, 1.165) is 11.1 Å². The Hall–Kier alpha value is -7.17. The number of hydrogen-bond donors (Lipinski definition) is 5. The number of hydrogen-bond acceptors (Lipinski definition) is 12. The first-order valence-corrected chi connectivity index (χ1v) is 22.0. The van der Waals surface area contributed by atoms with Gasteiger partial charge in [-0.2, -0.15) is 0 Å². The summed E-state index contributed by atoms with van der Waals surface area (Å²) in [4.78, 5) is 81.6. The van der Waals surface area contributed by atoms with E-state index in [1.54, 1.807) is 102 Å². The predicted molar refractivity (Wildman–Crippen MR) is 248 cm³/mol. The Labute approximate surface area is 384 Å². The van der Waals surface area contributed by atoms with E-state index >= 15 is 0 Å². The molecule has 66 heavy (non-hydrogen) atoms. The Morgan fingerprint density at radius 2 is 1.24 bits per heavy atom. The lowest BCUT2D eigenvalue weighted by Crippen LogP contribution is -2.52. The van der Waals surface area contributed by atoms with E-state index in [1.807, 2.05) is 18.2 Å². The number of nitrogens with one attached hydrogen (secondary N) is 5. The number of unbranched alkanes of at least 4 members (excludes halogenated alkanes) is 2. The highest BCUT2D eigenvalue weighted by Crippen LogP contribution is 2.27. The number of fused-ring (bicyclic) bond motifs is 2. The van der Waals surface area contributed by atoms with Crippen LogP contribution in [0.1, 0.15) is 91.2 Å². The van der Waals surface area contributed by atoms with E-state index in [2.05, 4.69) is 31.6 Å². The topological polar surface area (TPSA) is 226 Å². The third kappa shape index (κ3) is 17.4. The minimum Gasteiger partial charge on any atom is -0.489 e. The zero-order valence-electron chi connectivity index (χ0n) is 38.3. The smallest absolute Gasteiger partial charge is 0.408 e. The lowest BCUT2D eigenvalue weighted by Gasteiger charge is -2.23. The summed E-state index contributed by atoms with van der Waals surface area (Å²) in [6.07, 6.45) is 0.230. The van der Waals surface area contributed by atoms with Gasteiger partial charge in [0.15, 0.2) is 16.8 Å². The average molecular weight is 909 g/mol. The molecule has 0 saturated carbocycles. The van der Waals surface area contributed by atoms with Crippen molar-refractivity contribution in [1.82, 2.24) is 26.3 Å². The van der Waals surface area contributed by atoms with Gasteiger partial charge in [-0.15, -0.1) is 0 Å². The second kappa shape index (κ2) is 23.7. The van der Waals surface area contributed by atoms with Crippen molar-refractivity contribution >= 4 is 46.9 Å². The van der Waals surface area contributed by atoms with E-state index in [0.29, 0.717) is 59.7 Å². The number of carbonyl (C=O) groups excluding carboxylic acids is 5. The molecule has 3 aromatic carbocycles. The van der Waals surface area contributed by atoms with Gasteiger partial charge in [-0.3, -0.25) is 14.4 Å². The number of carbonyl (C=O) groups is 5. The van der Waals surface area contributed by atoms with Crippen molar-refractivity contribution in [2.45, 2.75) is 117 Å². The lowest BCUT2D eigenvalue weighted by molar-refractivity contribution is -0.128. The van der Waals surface area contributed by atoms with Gasteiger partial charge in [0.2, 0.25) is 11.8 Å². The molecular formula is C49H60N6O11. The minimum absolute atomic E-state index is 0.0197. The third-order valence-corrected chi connectivity index (χ3v) is 9.58. The second-order valence-electron chi connectivity index (χ2n) is 17.6. The Bertz CT molecular complexity index is 2430. The molecule has 0 bridgehead atoms. The van der Waals surface area contributed by atoms with Crippen molar-refractivity contribution in [3.8, 4) is 17.2 Å². The number of benzene rings is 4. The fraction of sp³-hybridized carbons (Fsp3) is 0.408. The molecule has 0 aromatic heterocycles. The fourth-order valence-electron chi connectivity index (χ4n) is 6.43. The summed E-state index contributed by atoms with van der Waals surface area (Å²) in [6, 6.07) is 23.6. The highest BCUT2D eigenvalue weighted by Gasteiger charge is 2.28. The minimum atomic E-state index is -1.09. The molecule has 1 aliphatic heterocycles. The van der Waals surface area contributed by atoms with Gasteiger partial charge in [0.05, 0.1) is 0 Å². The Balaban J connectivity index is 1.22. The molecule has 2 aliphatic rings. The number of amides is 5. The Morgan fingerprint density at radius 1 is 0.636 bits per heavy atom. The maximum Gasteiger partial charge on any atom is 0.408 e. The number of nitrogens with zero attached hydrogens (tertiary/aromatic N) is 1. The SMILES string of the molecule is CC(C)(C)OC(=O)NCCCC[C@H](NC(=O)OCc1ccccc1)C(=O)N[C@@H](CCCCNC(=O)OC(C)(C)C)C(=O)Nc1ccc(COc2ccc3nc4ccc(=O)cc-4oc3c2)cc1. The van der Waals surface area contributed by atoms with Gasteiger partial charge in [0.1, 0.15) is 53.5 Å². The Kier molecular flexibility index (Phi) is 17.9. The maximum atomic E-state index is 14.0. The van der Waals surface area contributed by atoms with Crippen LogP contribution in [0, 0.1) is 0 Å². The molecule has 0 spiro atoms. The van der Waals surface area contributed by atoms with Crippen LogP contribution < -0.4 is 36.7 Å². The van der Waals surface area contributed by atoms with Gasteiger partial charge in [0.25, 0.3) is 0 Å². The zero-order valence-corrected chi connectivity index (χ0v) is 38.3. The number of ether oxygens (including phenoxy) is 4. The normalized spacial score (nSPS) is 12.3. The predicted octanol–water partition coefficient (Wildman–Crippen LogP) is 7.98. The van der Waals surface area contributed by atoms with Crippen LogP contribution in [0.25, 0.3) is 22.6 Å². The van der Waals surface area contributed by atoms with Crippen molar-refractivity contribution < 1.29 is 47.3 Å². The molecule has 0 fully saturated rings. The summed E-state index contributed by atoms with van der Waals surface area (Å²) in [5, 5.41) is 13.8. The standard InChI is InChI=1S/C49H60N6O11/c1-48(2,3)65-45(59)50-26-12-10-16-39(54-44(58)40(17-11-13-27-51-46(60)66-49(4,5)6)55-47(61)63-31-32-14-8-7-9-15-32)43(57)52-34-20-18-33(19-21-34)30-62-36-23-25-38-42(29-36)64-41-28-35(56)22-24-37(41)53-38/h7-9,14-15,18-25,28-29,39-40H,10-13,16-17,26-27,30-31H2,1-6H3,(H,50,59)(H,51,60)(H,52,57)(H,54,58)(H,55,61)/t39-,40-/m0/s1. The average Bonchev–Trinajstić information content (AvgIpc) is 3.25. The first-order chi connectivity index (χ1) is 31.4. The van der Waals surface area contributed by atoms with Crippen LogP contribution >= 0.6 is 0 Å². The highest BCUT2D eigenvalue weighted by atomic mass is 16.6. The molecule has 5 amide bonds. The zero-order chi connectivity index (χ0) is 47.7. The van der Waals surface area contributed by atoms with E-state index in [1.165, 1.54) is 12.1 Å². The van der Waals surface area contributed by atoms with Gasteiger partial charge < -0.3 is 49.9 Å². The van der Waals surface area contributed by atoms with E-state index < -0.39 is 53.4 Å². The number of alkyl carbamates (subject to hydrolysis) is 3. The molecular weight excluding hydrogens is 849 g/mol. The maximum absolute atomic E-state index is 14.0. The van der Waals surface area contributed by atoms with Crippen LogP contribution in [0.2, 0.25) is 0 Å². The summed E-state index contributed by atoms with van der Waals surface area (Å²) in [6.45, 7) is 11.3. The molecule has 0 radical (unpaired) electrons. The van der Waals surface area contributed by atoms with E-state index in [4.69, 9.17) is 23.4 Å². The van der Waals surface area contributed by atoms with Crippen molar-refractivity contribution in [2.24, 2.45) is 0 Å². The quantitative estimate of drug-likeness (QED) is 0.0285. The van der Waals surface area contributed by atoms with Gasteiger partial charge in [-0.05, 0) is 128 Å². The van der Waals surface area contributed by atoms with Crippen molar-refractivity contribution in [2.75, 3.05) is 18.4 Å². The highest BCUT2D eigenvalue weighted by molar-refractivity contribution is 5.98. The number of aromatic nitrogens is 1. The van der Waals surface area contributed by atoms with Gasteiger partial charge in [-0.25, -0.2) is 19.4 Å². The monoisotopic (exact) mass is 908 g/mol. The number of anilines is 1. The summed E-state index contributed by atoms with van der Waals surface area (Å²) < 4.78 is 28.0. The molecule has 2 atom stereocenters. The molecule has 0 saturated heterocycles. The van der Waals surface area contributed by atoms with Gasteiger partial charge in [0, 0.05) is 30.9 Å². The first-order valence-electron chi connectivity index (χ1n) is 22.0. The first kappa shape index (κ1) is 49.8. The van der Waals surface area contributed by atoms with E-state index in [-0.39, 0.29) is 44.6 Å². The largest absolute Gasteiger partial charge is 0.489 e. The summed E-state index contributed by atoms with van der Waals surface area (Å²) in [5.41, 5.74) is 2.16. The van der Waals surface area contributed by atoms with Crippen LogP contribution in [-0.4, -0.2) is 71.5 Å². The van der Waals surface area contributed by atoms with Crippen LogP contribution in [0.15, 0.2) is 100 Å². The molecule has 5 rings (SSSR count). The van der Waals surface area contributed by atoms with Crippen molar-refractivity contribution in [3.05, 3.63) is 112 Å². The molecule has 0 unspecified atom stereocenters. The molecule has 1 heterocycles. The lowest BCUT2D eigenvalue weighted by atomic mass is 10.1. The third-order valence-electron chi connectivity index (χ3n) is 9.58. The van der Waals surface area contributed by atoms with Gasteiger partial charge >= 0.3 is 18.3 Å². The molecule has 5 N–H and O–H groups in total. The van der Waals surface area contributed by atoms with Crippen LogP contribution in [0.3, 0.4) is 0 Å². The molecule has 352 valence electrons. The second-order valence-corrected chi connectivity index (χ2v) is 17.6. The Morgan fingerprint density at radius 3 is 1.86 bits per heavy atom. The van der Waals surface area contributed by atoms with Crippen LogP contribution in [0.5, 0.6) is 5.75 Å². The molecule has 17 nitrogen and oxygen atoms in total. The van der Waals surface area contributed by atoms with Crippen molar-refractivity contribution in [1.29, 1.82) is 0 Å². The van der Waals surface area contributed by atoms with Crippen LogP contribution in [0.4, 0.5) is 20.1 Å². The summed E-state index contributed by atoms with van der Waals surface area (Å²) >= 11 is 0. The summed E-state index contributed by atoms with van der Waals surface area (Å²) in [5.74, 6) is -0.201. The molecule has 3 aromatic rings. The number of rotatable bonds is 20.